The summed E-state index contributed by atoms with van der Waals surface area (Å²) in [5.74, 6) is 4.37. The number of aromatic nitrogens is 4. The number of aromatic amines is 2. The van der Waals surface area contributed by atoms with Gasteiger partial charge in [0.05, 0.1) is 36.9 Å². The van der Waals surface area contributed by atoms with Gasteiger partial charge in [-0.25, -0.2) is 9.97 Å². The summed E-state index contributed by atoms with van der Waals surface area (Å²) in [6.45, 7) is 8.53. The number of nitrogens with zero attached hydrogens (tertiary/aromatic N) is 2. The van der Waals surface area contributed by atoms with Gasteiger partial charge in [0.15, 0.2) is 0 Å². The molecule has 3 aliphatic rings. The van der Waals surface area contributed by atoms with E-state index in [9.17, 15) is 0 Å². The van der Waals surface area contributed by atoms with E-state index in [2.05, 4.69) is 87.7 Å². The second-order valence-electron chi connectivity index (χ2n) is 11.9. The fourth-order valence-electron chi connectivity index (χ4n) is 6.33. The quantitative estimate of drug-likeness (QED) is 0.229. The minimum atomic E-state index is 0.627. The smallest absolute Gasteiger partial charge is 0.120 e. The lowest BCUT2D eigenvalue weighted by Gasteiger charge is -2.13. The number of hydrogen-bond donors (Lipinski definition) is 4. The third-order valence-electron chi connectivity index (χ3n) is 9.31. The molecule has 0 spiro atoms. The molecule has 0 radical (unpaired) electrons. The Bertz CT molecular complexity index is 1440. The maximum atomic E-state index is 4.69. The fourth-order valence-corrected chi connectivity index (χ4v) is 6.33. The van der Waals surface area contributed by atoms with Crippen LogP contribution < -0.4 is 10.6 Å². The van der Waals surface area contributed by atoms with Crippen LogP contribution >= 0.6 is 0 Å². The number of benzene rings is 2. The van der Waals surface area contributed by atoms with Crippen molar-refractivity contribution in [3.63, 3.8) is 0 Å². The number of nitrogens with one attached hydrogen (secondary N) is 4. The predicted octanol–water partition coefficient (Wildman–Crippen LogP) is 5.86. The fraction of sp³-hybridized carbons (Fsp3) is 0.438. The summed E-state index contributed by atoms with van der Waals surface area (Å²) < 4.78 is 0. The molecule has 2 heterocycles. The van der Waals surface area contributed by atoms with Crippen molar-refractivity contribution in [2.24, 2.45) is 17.8 Å². The van der Waals surface area contributed by atoms with Crippen molar-refractivity contribution in [2.45, 2.75) is 71.6 Å². The summed E-state index contributed by atoms with van der Waals surface area (Å²) in [5.41, 5.74) is 10.3. The minimum Gasteiger partial charge on any atom is -0.341 e. The molecule has 196 valence electrons. The molecule has 2 aromatic carbocycles. The first kappa shape index (κ1) is 23.9. The lowest BCUT2D eigenvalue weighted by molar-refractivity contribution is 0.622. The van der Waals surface area contributed by atoms with E-state index >= 15 is 0 Å². The molecule has 2 saturated carbocycles. The van der Waals surface area contributed by atoms with Crippen molar-refractivity contribution < 1.29 is 0 Å². The summed E-state index contributed by atoms with van der Waals surface area (Å²) in [6, 6.07) is 14.8. The van der Waals surface area contributed by atoms with E-state index in [1.54, 1.807) is 0 Å². The highest BCUT2D eigenvalue weighted by molar-refractivity contribution is 5.78. The zero-order chi connectivity index (χ0) is 25.8. The second-order valence-corrected chi connectivity index (χ2v) is 11.9. The number of imidazole rings is 2. The van der Waals surface area contributed by atoms with E-state index < -0.39 is 0 Å². The van der Waals surface area contributed by atoms with Gasteiger partial charge in [-0.1, -0.05) is 57.2 Å². The Morgan fingerprint density at radius 2 is 1.32 bits per heavy atom. The number of fused-ring (bicyclic) bond motifs is 1. The SMILES string of the molecule is CC1C(NCc2ncc(-c3ccc(-c4ccc(-c5cnc(CN[C@@H]6C[C@@H]6C)[nH]5)cc4)c4c3CCC4)[nH]2)[C@@H]1C. The Morgan fingerprint density at radius 1 is 0.737 bits per heavy atom. The molecular formula is C32H38N6. The van der Waals surface area contributed by atoms with E-state index in [1.165, 1.54) is 46.2 Å². The van der Waals surface area contributed by atoms with Gasteiger partial charge in [0, 0.05) is 17.6 Å². The standard InChI is InChI=1S/C32H38N6/c1-18-13-27(18)33-16-30-34-14-28(37-30)22-9-7-21(8-10-22)23-11-12-26(25-6-4-5-24(23)25)29-15-35-31(38-29)17-36-32-19(2)20(32)3/h7-12,14-15,18-20,27,32-33,36H,4-6,13,16-17H2,1-3H3,(H,34,37)(H,35,38)/t18-,19+,20?,27+,32?/m0/s1. The van der Waals surface area contributed by atoms with Crippen LogP contribution in [0, 0.1) is 17.8 Å². The molecule has 0 saturated heterocycles. The number of H-pyrrole nitrogens is 2. The number of rotatable bonds is 9. The van der Waals surface area contributed by atoms with Crippen LogP contribution in [0.15, 0.2) is 48.8 Å². The van der Waals surface area contributed by atoms with Gasteiger partial charge in [-0.3, -0.25) is 0 Å². The summed E-state index contributed by atoms with van der Waals surface area (Å²) in [4.78, 5) is 16.4. The molecule has 4 N–H and O–H groups in total. The largest absolute Gasteiger partial charge is 0.341 e. The molecule has 2 fully saturated rings. The summed E-state index contributed by atoms with van der Waals surface area (Å²) in [5, 5.41) is 7.22. The molecular weight excluding hydrogens is 468 g/mol. The van der Waals surface area contributed by atoms with Crippen LogP contribution in [0.4, 0.5) is 0 Å². The van der Waals surface area contributed by atoms with Gasteiger partial charge in [-0.2, -0.15) is 0 Å². The van der Waals surface area contributed by atoms with Crippen molar-refractivity contribution in [1.29, 1.82) is 0 Å². The zero-order valence-corrected chi connectivity index (χ0v) is 22.6. The first-order valence-corrected chi connectivity index (χ1v) is 14.4. The van der Waals surface area contributed by atoms with E-state index in [0.29, 0.717) is 12.1 Å². The van der Waals surface area contributed by atoms with Crippen LogP contribution in [0.3, 0.4) is 0 Å². The van der Waals surface area contributed by atoms with Crippen LogP contribution in [0.1, 0.15) is 56.4 Å². The summed E-state index contributed by atoms with van der Waals surface area (Å²) >= 11 is 0. The van der Waals surface area contributed by atoms with Gasteiger partial charge in [-0.15, -0.1) is 0 Å². The van der Waals surface area contributed by atoms with Crippen LogP contribution in [-0.4, -0.2) is 32.0 Å². The van der Waals surface area contributed by atoms with Crippen LogP contribution in [0.2, 0.25) is 0 Å². The molecule has 0 amide bonds. The van der Waals surface area contributed by atoms with Crippen LogP contribution in [0.5, 0.6) is 0 Å². The van der Waals surface area contributed by atoms with Crippen LogP contribution in [-0.2, 0) is 25.9 Å². The molecule has 0 aliphatic heterocycles. The van der Waals surface area contributed by atoms with Crippen molar-refractivity contribution in [1.82, 2.24) is 30.6 Å². The van der Waals surface area contributed by atoms with Gasteiger partial charge < -0.3 is 20.6 Å². The topological polar surface area (TPSA) is 81.4 Å². The molecule has 4 aromatic rings. The molecule has 0 bridgehead atoms. The van der Waals surface area contributed by atoms with Gasteiger partial charge in [0.25, 0.3) is 0 Å². The molecule has 5 atom stereocenters. The van der Waals surface area contributed by atoms with Crippen molar-refractivity contribution in [3.05, 3.63) is 71.6 Å². The molecule has 38 heavy (non-hydrogen) atoms. The number of hydrogen-bond acceptors (Lipinski definition) is 4. The maximum absolute atomic E-state index is 4.69. The Balaban J connectivity index is 1.07. The summed E-state index contributed by atoms with van der Waals surface area (Å²) in [6.07, 6.45) is 8.72. The van der Waals surface area contributed by atoms with Gasteiger partial charge in [-0.05, 0) is 71.3 Å². The van der Waals surface area contributed by atoms with Crippen molar-refractivity contribution >= 4 is 0 Å². The molecule has 6 nitrogen and oxygen atoms in total. The van der Waals surface area contributed by atoms with E-state index in [4.69, 9.17) is 0 Å². The third-order valence-corrected chi connectivity index (χ3v) is 9.31. The van der Waals surface area contributed by atoms with E-state index in [0.717, 1.165) is 66.7 Å². The predicted molar refractivity (Wildman–Crippen MR) is 152 cm³/mol. The second kappa shape index (κ2) is 9.51. The zero-order valence-electron chi connectivity index (χ0n) is 22.6. The Labute approximate surface area is 225 Å². The van der Waals surface area contributed by atoms with Crippen LogP contribution in [0.25, 0.3) is 33.6 Å². The molecule has 3 aliphatic carbocycles. The molecule has 2 aromatic heterocycles. The van der Waals surface area contributed by atoms with E-state index in [-0.39, 0.29) is 0 Å². The third kappa shape index (κ3) is 4.50. The molecule has 2 unspecified atom stereocenters. The Kier molecular flexibility index (Phi) is 5.97. The van der Waals surface area contributed by atoms with E-state index in [1.807, 2.05) is 12.4 Å². The Morgan fingerprint density at radius 3 is 2.00 bits per heavy atom. The molecule has 6 heteroatoms. The van der Waals surface area contributed by atoms with Gasteiger partial charge in [0.2, 0.25) is 0 Å². The Hall–Kier alpha value is -3.22. The highest BCUT2D eigenvalue weighted by atomic mass is 15.0. The average Bonchev–Trinajstić information content (AvgIpc) is 3.48. The lowest BCUT2D eigenvalue weighted by Crippen LogP contribution is -2.19. The highest BCUT2D eigenvalue weighted by Crippen LogP contribution is 2.39. The normalized spacial score (nSPS) is 25.5. The first-order valence-electron chi connectivity index (χ1n) is 14.4. The van der Waals surface area contributed by atoms with Crippen molar-refractivity contribution in [2.75, 3.05) is 0 Å². The minimum absolute atomic E-state index is 0.627. The molecule has 7 rings (SSSR count). The van der Waals surface area contributed by atoms with Gasteiger partial charge >= 0.3 is 0 Å². The average molecular weight is 507 g/mol. The lowest BCUT2D eigenvalue weighted by atomic mass is 9.92. The van der Waals surface area contributed by atoms with Crippen molar-refractivity contribution in [3.8, 4) is 33.6 Å². The first-order chi connectivity index (χ1) is 18.5. The maximum Gasteiger partial charge on any atom is 0.120 e. The highest BCUT2D eigenvalue weighted by Gasteiger charge is 2.42. The summed E-state index contributed by atoms with van der Waals surface area (Å²) in [7, 11) is 0. The van der Waals surface area contributed by atoms with Gasteiger partial charge in [0.1, 0.15) is 11.6 Å². The monoisotopic (exact) mass is 506 g/mol.